The summed E-state index contributed by atoms with van der Waals surface area (Å²) in [7, 11) is 1.54. The molecule has 1 aliphatic rings. The molecule has 1 aliphatic heterocycles. The Hall–Kier alpha value is -0.870. The Labute approximate surface area is 100 Å². The monoisotopic (exact) mass is 241 g/mol. The van der Waals surface area contributed by atoms with Crippen LogP contribution in [0, 0.1) is 5.92 Å². The highest BCUT2D eigenvalue weighted by molar-refractivity contribution is 6.31. The number of halogens is 1. The van der Waals surface area contributed by atoms with Crippen molar-refractivity contribution in [2.45, 2.75) is 19.3 Å². The van der Waals surface area contributed by atoms with E-state index in [-0.39, 0.29) is 0 Å². The minimum atomic E-state index is 0.399. The van der Waals surface area contributed by atoms with Crippen LogP contribution in [0.2, 0.25) is 5.02 Å². The maximum absolute atomic E-state index is 6.01. The van der Waals surface area contributed by atoms with Gasteiger partial charge in [-0.15, -0.1) is 5.10 Å². The molecule has 5 heteroatoms. The van der Waals surface area contributed by atoms with Gasteiger partial charge in [0.1, 0.15) is 5.02 Å². The predicted octanol–water partition coefficient (Wildman–Crippen LogP) is 1.68. The minimum absolute atomic E-state index is 0.399. The van der Waals surface area contributed by atoms with Crippen molar-refractivity contribution in [2.75, 3.05) is 20.2 Å². The van der Waals surface area contributed by atoms with Gasteiger partial charge in [-0.1, -0.05) is 11.6 Å². The van der Waals surface area contributed by atoms with Gasteiger partial charge >= 0.3 is 0 Å². The lowest BCUT2D eigenvalue weighted by atomic mass is 9.93. The Balaban J connectivity index is 2.01. The Morgan fingerprint density at radius 1 is 1.44 bits per heavy atom. The number of nitrogens with one attached hydrogen (secondary N) is 1. The molecule has 1 saturated heterocycles. The van der Waals surface area contributed by atoms with E-state index in [9.17, 15) is 0 Å². The number of hydrogen-bond donors (Lipinski definition) is 1. The molecule has 0 aromatic carbocycles. The lowest BCUT2D eigenvalue weighted by molar-refractivity contribution is 0.365. The first kappa shape index (κ1) is 11.6. The summed E-state index contributed by atoms with van der Waals surface area (Å²) in [5, 5.41) is 12.0. The number of hydrogen-bond acceptors (Lipinski definition) is 4. The zero-order valence-corrected chi connectivity index (χ0v) is 10.1. The molecule has 0 bridgehead atoms. The second-order valence-corrected chi connectivity index (χ2v) is 4.50. The van der Waals surface area contributed by atoms with Crippen molar-refractivity contribution in [1.82, 2.24) is 15.5 Å². The first-order valence-corrected chi connectivity index (χ1v) is 5.94. The molecule has 0 amide bonds. The van der Waals surface area contributed by atoms with E-state index in [4.69, 9.17) is 16.3 Å². The van der Waals surface area contributed by atoms with Crippen molar-refractivity contribution in [3.8, 4) is 5.88 Å². The summed E-state index contributed by atoms with van der Waals surface area (Å²) in [5.41, 5.74) is 0.956. The number of aromatic nitrogens is 2. The quantitative estimate of drug-likeness (QED) is 0.875. The highest BCUT2D eigenvalue weighted by Crippen LogP contribution is 2.23. The highest BCUT2D eigenvalue weighted by atomic mass is 35.5. The normalized spacial score (nSPS) is 17.4. The molecule has 88 valence electrons. The summed E-state index contributed by atoms with van der Waals surface area (Å²) in [6.07, 6.45) is 3.36. The summed E-state index contributed by atoms with van der Waals surface area (Å²) in [4.78, 5) is 0. The average Bonchev–Trinajstić information content (AvgIpc) is 2.31. The van der Waals surface area contributed by atoms with Gasteiger partial charge in [-0.25, -0.2) is 0 Å². The molecular weight excluding hydrogens is 226 g/mol. The van der Waals surface area contributed by atoms with Crippen molar-refractivity contribution in [3.63, 3.8) is 0 Å². The smallest absolute Gasteiger partial charge is 0.252 e. The van der Waals surface area contributed by atoms with E-state index in [1.807, 2.05) is 6.07 Å². The van der Waals surface area contributed by atoms with Gasteiger partial charge in [-0.05, 0) is 44.3 Å². The van der Waals surface area contributed by atoms with Crippen LogP contribution in [-0.2, 0) is 6.42 Å². The van der Waals surface area contributed by atoms with Gasteiger partial charge in [0.2, 0.25) is 0 Å². The van der Waals surface area contributed by atoms with Gasteiger partial charge in [0.05, 0.1) is 12.8 Å². The molecular formula is C11H16ClN3O. The van der Waals surface area contributed by atoms with Crippen LogP contribution < -0.4 is 10.1 Å². The molecule has 0 spiro atoms. The maximum atomic E-state index is 6.01. The molecule has 4 nitrogen and oxygen atoms in total. The Morgan fingerprint density at radius 2 is 2.19 bits per heavy atom. The van der Waals surface area contributed by atoms with Crippen molar-refractivity contribution in [2.24, 2.45) is 5.92 Å². The summed E-state index contributed by atoms with van der Waals surface area (Å²) < 4.78 is 4.97. The Kier molecular flexibility index (Phi) is 3.96. The van der Waals surface area contributed by atoms with Crippen LogP contribution in [-0.4, -0.2) is 30.4 Å². The number of methoxy groups -OCH3 is 1. The van der Waals surface area contributed by atoms with E-state index < -0.39 is 0 Å². The third-order valence-electron chi connectivity index (χ3n) is 2.92. The van der Waals surface area contributed by atoms with E-state index >= 15 is 0 Å². The SMILES string of the molecule is COc1nnc(CC2CCNCC2)cc1Cl. The van der Waals surface area contributed by atoms with Gasteiger partial charge < -0.3 is 10.1 Å². The lowest BCUT2D eigenvalue weighted by Gasteiger charge is -2.21. The fourth-order valence-corrected chi connectivity index (χ4v) is 2.25. The highest BCUT2D eigenvalue weighted by Gasteiger charge is 2.15. The summed E-state index contributed by atoms with van der Waals surface area (Å²) in [6, 6.07) is 1.86. The van der Waals surface area contributed by atoms with Crippen LogP contribution in [0.3, 0.4) is 0 Å². The molecule has 0 radical (unpaired) electrons. The first-order chi connectivity index (χ1) is 7.79. The van der Waals surface area contributed by atoms with E-state index in [2.05, 4.69) is 15.5 Å². The van der Waals surface area contributed by atoms with Crippen LogP contribution in [0.4, 0.5) is 0 Å². The van der Waals surface area contributed by atoms with E-state index in [1.165, 1.54) is 12.8 Å². The second kappa shape index (κ2) is 5.46. The van der Waals surface area contributed by atoms with Crippen molar-refractivity contribution in [1.29, 1.82) is 0 Å². The van der Waals surface area contributed by atoms with Crippen LogP contribution in [0.25, 0.3) is 0 Å². The molecule has 0 aliphatic carbocycles. The molecule has 16 heavy (non-hydrogen) atoms. The zero-order valence-electron chi connectivity index (χ0n) is 9.37. The van der Waals surface area contributed by atoms with Gasteiger partial charge in [0.25, 0.3) is 5.88 Å². The van der Waals surface area contributed by atoms with Gasteiger partial charge in [0, 0.05) is 0 Å². The third-order valence-corrected chi connectivity index (χ3v) is 3.19. The summed E-state index contributed by atoms with van der Waals surface area (Å²) in [6.45, 7) is 2.20. The van der Waals surface area contributed by atoms with Crippen molar-refractivity contribution >= 4 is 11.6 Å². The van der Waals surface area contributed by atoms with E-state index in [0.29, 0.717) is 16.8 Å². The van der Waals surface area contributed by atoms with Crippen LogP contribution in [0.5, 0.6) is 5.88 Å². The maximum Gasteiger partial charge on any atom is 0.252 e. The number of rotatable bonds is 3. The van der Waals surface area contributed by atoms with E-state index in [0.717, 1.165) is 25.2 Å². The largest absolute Gasteiger partial charge is 0.479 e. The molecule has 1 fully saturated rings. The molecule has 2 rings (SSSR count). The Morgan fingerprint density at radius 3 is 2.81 bits per heavy atom. The standard InChI is InChI=1S/C11H16ClN3O/c1-16-11-10(12)7-9(14-15-11)6-8-2-4-13-5-3-8/h7-8,13H,2-6H2,1H3. The summed E-state index contributed by atoms with van der Waals surface area (Å²) in [5.74, 6) is 1.09. The fourth-order valence-electron chi connectivity index (χ4n) is 2.01. The molecule has 1 aromatic rings. The molecule has 2 heterocycles. The van der Waals surface area contributed by atoms with Crippen LogP contribution >= 0.6 is 11.6 Å². The molecule has 0 unspecified atom stereocenters. The molecule has 0 saturated carbocycles. The number of ether oxygens (including phenoxy) is 1. The van der Waals surface area contributed by atoms with Gasteiger partial charge in [0.15, 0.2) is 0 Å². The minimum Gasteiger partial charge on any atom is -0.479 e. The Bertz CT molecular complexity index is 353. The van der Waals surface area contributed by atoms with E-state index in [1.54, 1.807) is 7.11 Å². The van der Waals surface area contributed by atoms with Gasteiger partial charge in [-0.2, -0.15) is 5.10 Å². The summed E-state index contributed by atoms with van der Waals surface area (Å²) >= 11 is 6.01. The van der Waals surface area contributed by atoms with Gasteiger partial charge in [-0.3, -0.25) is 0 Å². The number of nitrogens with zero attached hydrogens (tertiary/aromatic N) is 2. The second-order valence-electron chi connectivity index (χ2n) is 4.09. The molecule has 0 atom stereocenters. The fraction of sp³-hybridized carbons (Fsp3) is 0.636. The first-order valence-electron chi connectivity index (χ1n) is 5.56. The third kappa shape index (κ3) is 2.83. The lowest BCUT2D eigenvalue weighted by Crippen LogP contribution is -2.28. The van der Waals surface area contributed by atoms with Crippen LogP contribution in [0.15, 0.2) is 6.07 Å². The topological polar surface area (TPSA) is 47.0 Å². The van der Waals surface area contributed by atoms with Crippen LogP contribution in [0.1, 0.15) is 18.5 Å². The average molecular weight is 242 g/mol. The van der Waals surface area contributed by atoms with Crippen molar-refractivity contribution in [3.05, 3.63) is 16.8 Å². The zero-order chi connectivity index (χ0) is 11.4. The number of piperidine rings is 1. The predicted molar refractivity (Wildman–Crippen MR) is 62.9 cm³/mol. The van der Waals surface area contributed by atoms with Crippen molar-refractivity contribution < 1.29 is 4.74 Å². The molecule has 1 N–H and O–H groups in total. The molecule has 1 aromatic heterocycles.